The van der Waals surface area contributed by atoms with Crippen LogP contribution in [-0.4, -0.2) is 11.7 Å². The van der Waals surface area contributed by atoms with Crippen molar-refractivity contribution in [1.29, 1.82) is 0 Å². The van der Waals surface area contributed by atoms with E-state index in [-0.39, 0.29) is 5.92 Å². The van der Waals surface area contributed by atoms with Gasteiger partial charge in [0, 0.05) is 16.9 Å². The molecule has 0 aromatic heterocycles. The molecule has 2 unspecified atom stereocenters. The van der Waals surface area contributed by atoms with Crippen molar-refractivity contribution in [3.8, 4) is 0 Å². The van der Waals surface area contributed by atoms with Crippen LogP contribution in [0.25, 0.3) is 0 Å². The number of aliphatic hydroxyl groups excluding tert-OH is 1. The molecule has 3 heteroatoms. The van der Waals surface area contributed by atoms with E-state index in [1.807, 2.05) is 55.5 Å². The zero-order valence-electron chi connectivity index (χ0n) is 10.9. The molecule has 2 aromatic carbocycles. The third kappa shape index (κ3) is 3.44. The second-order valence-corrected chi connectivity index (χ2v) is 5.67. The molecule has 0 aliphatic heterocycles. The van der Waals surface area contributed by atoms with Gasteiger partial charge in [-0.2, -0.15) is 0 Å². The lowest BCUT2D eigenvalue weighted by Gasteiger charge is -2.22. The maximum absolute atomic E-state index is 10.5. The molecule has 0 fully saturated rings. The summed E-state index contributed by atoms with van der Waals surface area (Å²) < 4.78 is 0.962. The summed E-state index contributed by atoms with van der Waals surface area (Å²) in [6, 6.07) is 15.9. The van der Waals surface area contributed by atoms with Crippen LogP contribution in [-0.2, 0) is 0 Å². The fourth-order valence-corrected chi connectivity index (χ4v) is 2.60. The summed E-state index contributed by atoms with van der Waals surface area (Å²) in [6.07, 6.45) is -0.592. The zero-order chi connectivity index (χ0) is 13.8. The van der Waals surface area contributed by atoms with Gasteiger partial charge >= 0.3 is 0 Å². The zero-order valence-corrected chi connectivity index (χ0v) is 12.5. The van der Waals surface area contributed by atoms with Crippen molar-refractivity contribution in [3.05, 3.63) is 69.7 Å². The number of benzene rings is 2. The third-order valence-electron chi connectivity index (χ3n) is 3.33. The maximum atomic E-state index is 10.5. The molecule has 0 aliphatic rings. The molecule has 0 aliphatic carbocycles. The van der Waals surface area contributed by atoms with Crippen LogP contribution in [0.2, 0.25) is 0 Å². The van der Waals surface area contributed by atoms with Gasteiger partial charge in [0.15, 0.2) is 0 Å². The van der Waals surface area contributed by atoms with Crippen LogP contribution >= 0.6 is 15.9 Å². The van der Waals surface area contributed by atoms with Crippen LogP contribution in [0, 0.1) is 6.92 Å². The van der Waals surface area contributed by atoms with Gasteiger partial charge < -0.3 is 10.8 Å². The standard InChI is InChI=1S/C16H18BrNO/c1-11-5-7-12(8-6-11)15(10-18)16(19)13-3-2-4-14(17)9-13/h2-9,15-16,19H,10,18H2,1H3. The largest absolute Gasteiger partial charge is 0.388 e. The summed E-state index contributed by atoms with van der Waals surface area (Å²) in [4.78, 5) is 0. The van der Waals surface area contributed by atoms with Crippen molar-refractivity contribution >= 4 is 15.9 Å². The van der Waals surface area contributed by atoms with E-state index < -0.39 is 6.10 Å². The Labute approximate surface area is 122 Å². The van der Waals surface area contributed by atoms with Gasteiger partial charge in [0.05, 0.1) is 6.10 Å². The molecule has 2 aromatic rings. The highest BCUT2D eigenvalue weighted by Gasteiger charge is 2.21. The van der Waals surface area contributed by atoms with Crippen LogP contribution in [0.3, 0.4) is 0 Å². The Balaban J connectivity index is 2.28. The summed E-state index contributed by atoms with van der Waals surface area (Å²) in [5.74, 6) is -0.0881. The molecular formula is C16H18BrNO. The molecule has 0 radical (unpaired) electrons. The summed E-state index contributed by atoms with van der Waals surface area (Å²) in [5, 5.41) is 10.5. The Bertz CT molecular complexity index is 539. The van der Waals surface area contributed by atoms with Crippen LogP contribution in [0.5, 0.6) is 0 Å². The first-order valence-electron chi connectivity index (χ1n) is 6.32. The molecule has 2 rings (SSSR count). The van der Waals surface area contributed by atoms with E-state index in [0.717, 1.165) is 15.6 Å². The van der Waals surface area contributed by atoms with E-state index in [4.69, 9.17) is 5.73 Å². The summed E-state index contributed by atoms with van der Waals surface area (Å²) >= 11 is 3.42. The van der Waals surface area contributed by atoms with E-state index in [1.165, 1.54) is 5.56 Å². The predicted molar refractivity (Wildman–Crippen MR) is 82.1 cm³/mol. The first kappa shape index (κ1) is 14.3. The molecule has 3 N–H and O–H groups in total. The van der Waals surface area contributed by atoms with Crippen molar-refractivity contribution in [1.82, 2.24) is 0 Å². The fraction of sp³-hybridized carbons (Fsp3) is 0.250. The van der Waals surface area contributed by atoms with Gasteiger partial charge in [0.2, 0.25) is 0 Å². The minimum atomic E-state index is -0.592. The van der Waals surface area contributed by atoms with E-state index in [0.29, 0.717) is 6.54 Å². The maximum Gasteiger partial charge on any atom is 0.0871 e. The molecule has 2 nitrogen and oxygen atoms in total. The minimum Gasteiger partial charge on any atom is -0.388 e. The number of rotatable bonds is 4. The SMILES string of the molecule is Cc1ccc(C(CN)C(O)c2cccc(Br)c2)cc1. The Morgan fingerprint density at radius 2 is 1.79 bits per heavy atom. The molecule has 0 saturated carbocycles. The lowest BCUT2D eigenvalue weighted by Crippen LogP contribution is -2.20. The van der Waals surface area contributed by atoms with Crippen molar-refractivity contribution in [3.63, 3.8) is 0 Å². The highest BCUT2D eigenvalue weighted by atomic mass is 79.9. The molecule has 0 saturated heterocycles. The number of hydrogen-bond acceptors (Lipinski definition) is 2. The van der Waals surface area contributed by atoms with Crippen LogP contribution in [0.15, 0.2) is 53.0 Å². The molecule has 100 valence electrons. The lowest BCUT2D eigenvalue weighted by atomic mass is 9.89. The average molecular weight is 320 g/mol. The van der Waals surface area contributed by atoms with Crippen molar-refractivity contribution in [2.45, 2.75) is 18.9 Å². The van der Waals surface area contributed by atoms with E-state index in [9.17, 15) is 5.11 Å². The Morgan fingerprint density at radius 1 is 1.11 bits per heavy atom. The summed E-state index contributed by atoms with van der Waals surface area (Å²) in [6.45, 7) is 2.46. The second-order valence-electron chi connectivity index (χ2n) is 4.75. The Hall–Kier alpha value is -1.16. The number of nitrogens with two attached hydrogens (primary N) is 1. The quantitative estimate of drug-likeness (QED) is 0.905. The van der Waals surface area contributed by atoms with Gasteiger partial charge in [-0.15, -0.1) is 0 Å². The predicted octanol–water partition coefficient (Wildman–Crippen LogP) is 3.53. The summed E-state index contributed by atoms with van der Waals surface area (Å²) in [5.41, 5.74) is 9.00. The number of halogens is 1. The van der Waals surface area contributed by atoms with Crippen molar-refractivity contribution in [2.75, 3.05) is 6.54 Å². The summed E-state index contributed by atoms with van der Waals surface area (Å²) in [7, 11) is 0. The van der Waals surface area contributed by atoms with E-state index >= 15 is 0 Å². The van der Waals surface area contributed by atoms with Gasteiger partial charge in [0.1, 0.15) is 0 Å². The molecule has 2 atom stereocenters. The van der Waals surface area contributed by atoms with Gasteiger partial charge in [-0.1, -0.05) is 57.9 Å². The average Bonchev–Trinajstić information content (AvgIpc) is 2.41. The van der Waals surface area contributed by atoms with Crippen LogP contribution in [0.4, 0.5) is 0 Å². The van der Waals surface area contributed by atoms with Gasteiger partial charge in [0.25, 0.3) is 0 Å². The monoisotopic (exact) mass is 319 g/mol. The van der Waals surface area contributed by atoms with Crippen molar-refractivity contribution < 1.29 is 5.11 Å². The molecule has 0 amide bonds. The Kier molecular flexibility index (Phi) is 4.75. The van der Waals surface area contributed by atoms with Crippen LogP contribution in [0.1, 0.15) is 28.7 Å². The highest BCUT2D eigenvalue weighted by molar-refractivity contribution is 9.10. The molecule has 0 bridgehead atoms. The normalized spacial score (nSPS) is 14.1. The molecule has 0 spiro atoms. The number of aliphatic hydroxyl groups is 1. The second kappa shape index (κ2) is 6.33. The highest BCUT2D eigenvalue weighted by Crippen LogP contribution is 2.31. The molecule has 19 heavy (non-hydrogen) atoms. The Morgan fingerprint density at radius 3 is 2.37 bits per heavy atom. The topological polar surface area (TPSA) is 46.2 Å². The van der Waals surface area contributed by atoms with E-state index in [1.54, 1.807) is 0 Å². The fourth-order valence-electron chi connectivity index (χ4n) is 2.18. The molecule has 0 heterocycles. The van der Waals surface area contributed by atoms with Crippen molar-refractivity contribution in [2.24, 2.45) is 5.73 Å². The van der Waals surface area contributed by atoms with E-state index in [2.05, 4.69) is 15.9 Å². The first-order chi connectivity index (χ1) is 9.11. The number of hydrogen-bond donors (Lipinski definition) is 2. The first-order valence-corrected chi connectivity index (χ1v) is 7.11. The molecular weight excluding hydrogens is 302 g/mol. The van der Waals surface area contributed by atoms with Gasteiger partial charge in [-0.3, -0.25) is 0 Å². The number of aryl methyl sites for hydroxylation is 1. The lowest BCUT2D eigenvalue weighted by molar-refractivity contribution is 0.147. The third-order valence-corrected chi connectivity index (χ3v) is 3.82. The smallest absolute Gasteiger partial charge is 0.0871 e. The van der Waals surface area contributed by atoms with Crippen LogP contribution < -0.4 is 5.73 Å². The van der Waals surface area contributed by atoms with Gasteiger partial charge in [-0.05, 0) is 30.2 Å². The minimum absolute atomic E-state index is 0.0881. The van der Waals surface area contributed by atoms with Gasteiger partial charge in [-0.25, -0.2) is 0 Å².